The van der Waals surface area contributed by atoms with Crippen LogP contribution in [-0.2, 0) is 6.42 Å². The molecule has 2 aromatic rings. The molecule has 3 nitrogen and oxygen atoms in total. The monoisotopic (exact) mass is 293 g/mol. The van der Waals surface area contributed by atoms with E-state index < -0.39 is 0 Å². The molecule has 0 spiro atoms. The van der Waals surface area contributed by atoms with Crippen LogP contribution in [0.15, 0.2) is 24.5 Å². The molecule has 0 fully saturated rings. The molecule has 1 heterocycles. The Bertz CT molecular complexity index is 602. The lowest BCUT2D eigenvalue weighted by molar-refractivity contribution is 0.628. The van der Waals surface area contributed by atoms with E-state index >= 15 is 0 Å². The molecule has 0 bridgehead atoms. The lowest BCUT2D eigenvalue weighted by Gasteiger charge is -2.13. The van der Waals surface area contributed by atoms with E-state index in [4.69, 9.17) is 11.6 Å². The van der Waals surface area contributed by atoms with Gasteiger partial charge in [0.25, 0.3) is 0 Å². The SMILES string of the molecule is CCCNc1ncnc(-c2cc(F)ccc2Cl)c1CC. The van der Waals surface area contributed by atoms with Gasteiger partial charge in [-0.3, -0.25) is 0 Å². The molecule has 20 heavy (non-hydrogen) atoms. The molecule has 0 amide bonds. The minimum Gasteiger partial charge on any atom is -0.370 e. The molecular formula is C15H17ClFN3. The first-order chi connectivity index (χ1) is 9.67. The highest BCUT2D eigenvalue weighted by Crippen LogP contribution is 2.32. The molecule has 1 aromatic carbocycles. The number of benzene rings is 1. The fourth-order valence-electron chi connectivity index (χ4n) is 2.05. The molecule has 0 radical (unpaired) electrons. The second-order valence-corrected chi connectivity index (χ2v) is 4.86. The van der Waals surface area contributed by atoms with E-state index in [0.717, 1.165) is 30.8 Å². The van der Waals surface area contributed by atoms with E-state index in [1.54, 1.807) is 6.07 Å². The minimum atomic E-state index is -0.326. The van der Waals surface area contributed by atoms with Crippen molar-refractivity contribution >= 4 is 17.4 Å². The van der Waals surface area contributed by atoms with Crippen molar-refractivity contribution < 1.29 is 4.39 Å². The first kappa shape index (κ1) is 14.7. The highest BCUT2D eigenvalue weighted by Gasteiger charge is 2.14. The fraction of sp³-hybridized carbons (Fsp3) is 0.333. The van der Waals surface area contributed by atoms with Gasteiger partial charge >= 0.3 is 0 Å². The molecule has 0 aliphatic rings. The van der Waals surface area contributed by atoms with Crippen molar-refractivity contribution in [3.8, 4) is 11.3 Å². The van der Waals surface area contributed by atoms with Crippen LogP contribution in [0.3, 0.4) is 0 Å². The molecular weight excluding hydrogens is 277 g/mol. The molecule has 2 rings (SSSR count). The summed E-state index contributed by atoms with van der Waals surface area (Å²) in [6.07, 6.45) is 3.23. The van der Waals surface area contributed by atoms with Gasteiger partial charge < -0.3 is 5.32 Å². The number of anilines is 1. The van der Waals surface area contributed by atoms with Gasteiger partial charge in [-0.15, -0.1) is 0 Å². The third-order valence-electron chi connectivity index (χ3n) is 3.02. The summed E-state index contributed by atoms with van der Waals surface area (Å²) in [6, 6.07) is 4.30. The van der Waals surface area contributed by atoms with Crippen LogP contribution in [-0.4, -0.2) is 16.5 Å². The second kappa shape index (κ2) is 6.66. The predicted octanol–water partition coefficient (Wildman–Crippen LogP) is 4.32. The average Bonchev–Trinajstić information content (AvgIpc) is 2.47. The number of aromatic nitrogens is 2. The number of rotatable bonds is 5. The molecule has 1 aromatic heterocycles. The van der Waals surface area contributed by atoms with Gasteiger partial charge in [0.2, 0.25) is 0 Å². The summed E-state index contributed by atoms with van der Waals surface area (Å²) in [5.74, 6) is 0.466. The van der Waals surface area contributed by atoms with E-state index in [9.17, 15) is 4.39 Å². The summed E-state index contributed by atoms with van der Waals surface area (Å²) >= 11 is 6.17. The van der Waals surface area contributed by atoms with Crippen LogP contribution in [0, 0.1) is 5.82 Å². The van der Waals surface area contributed by atoms with Crippen molar-refractivity contribution in [2.45, 2.75) is 26.7 Å². The Morgan fingerprint density at radius 3 is 2.75 bits per heavy atom. The van der Waals surface area contributed by atoms with Gasteiger partial charge in [-0.2, -0.15) is 0 Å². The van der Waals surface area contributed by atoms with Crippen LogP contribution in [0.4, 0.5) is 10.2 Å². The summed E-state index contributed by atoms with van der Waals surface area (Å²) in [7, 11) is 0. The van der Waals surface area contributed by atoms with E-state index in [2.05, 4.69) is 22.2 Å². The fourth-order valence-corrected chi connectivity index (χ4v) is 2.26. The number of nitrogens with zero attached hydrogens (tertiary/aromatic N) is 2. The minimum absolute atomic E-state index is 0.326. The number of halogens is 2. The zero-order chi connectivity index (χ0) is 14.5. The van der Waals surface area contributed by atoms with Crippen molar-refractivity contribution in [3.63, 3.8) is 0 Å². The maximum absolute atomic E-state index is 13.5. The summed E-state index contributed by atoms with van der Waals surface area (Å²) in [5.41, 5.74) is 2.24. The molecule has 0 saturated carbocycles. The Morgan fingerprint density at radius 2 is 2.05 bits per heavy atom. The summed E-state index contributed by atoms with van der Waals surface area (Å²) in [6.45, 7) is 4.94. The quantitative estimate of drug-likeness (QED) is 0.892. The van der Waals surface area contributed by atoms with Crippen LogP contribution < -0.4 is 5.32 Å². The van der Waals surface area contributed by atoms with Crippen LogP contribution in [0.25, 0.3) is 11.3 Å². The second-order valence-electron chi connectivity index (χ2n) is 4.45. The average molecular weight is 294 g/mol. The van der Waals surface area contributed by atoms with Gasteiger partial charge in [0.15, 0.2) is 0 Å². The first-order valence-electron chi connectivity index (χ1n) is 6.70. The Balaban J connectivity index is 2.53. The molecule has 0 saturated heterocycles. The Hall–Kier alpha value is -1.68. The molecule has 0 atom stereocenters. The zero-order valence-corrected chi connectivity index (χ0v) is 12.3. The van der Waals surface area contributed by atoms with Crippen molar-refractivity contribution in [1.82, 2.24) is 9.97 Å². The Kier molecular flexibility index (Phi) is 4.90. The van der Waals surface area contributed by atoms with E-state index in [0.29, 0.717) is 16.3 Å². The van der Waals surface area contributed by atoms with Crippen molar-refractivity contribution in [2.75, 3.05) is 11.9 Å². The Morgan fingerprint density at radius 1 is 1.25 bits per heavy atom. The molecule has 0 aliphatic carbocycles. The van der Waals surface area contributed by atoms with Crippen molar-refractivity contribution in [3.05, 3.63) is 40.9 Å². The van der Waals surface area contributed by atoms with E-state index in [1.165, 1.54) is 18.5 Å². The molecule has 0 aliphatic heterocycles. The maximum atomic E-state index is 13.5. The van der Waals surface area contributed by atoms with Gasteiger partial charge in [-0.05, 0) is 31.0 Å². The number of nitrogens with one attached hydrogen (secondary N) is 1. The maximum Gasteiger partial charge on any atom is 0.133 e. The van der Waals surface area contributed by atoms with Gasteiger partial charge in [0.05, 0.1) is 10.7 Å². The zero-order valence-electron chi connectivity index (χ0n) is 11.6. The van der Waals surface area contributed by atoms with E-state index in [-0.39, 0.29) is 5.82 Å². The van der Waals surface area contributed by atoms with Crippen LogP contribution in [0.5, 0.6) is 0 Å². The van der Waals surface area contributed by atoms with Gasteiger partial charge in [-0.1, -0.05) is 25.4 Å². The number of hydrogen-bond acceptors (Lipinski definition) is 3. The predicted molar refractivity (Wildman–Crippen MR) is 80.6 cm³/mol. The lowest BCUT2D eigenvalue weighted by Crippen LogP contribution is -2.07. The lowest BCUT2D eigenvalue weighted by atomic mass is 10.0. The smallest absolute Gasteiger partial charge is 0.133 e. The van der Waals surface area contributed by atoms with Gasteiger partial charge in [-0.25, -0.2) is 14.4 Å². The molecule has 106 valence electrons. The molecule has 0 unspecified atom stereocenters. The summed E-state index contributed by atoms with van der Waals surface area (Å²) in [5, 5.41) is 3.76. The van der Waals surface area contributed by atoms with Crippen LogP contribution in [0.2, 0.25) is 5.02 Å². The van der Waals surface area contributed by atoms with Crippen LogP contribution >= 0.6 is 11.6 Å². The topological polar surface area (TPSA) is 37.8 Å². The summed E-state index contributed by atoms with van der Waals surface area (Å²) < 4.78 is 13.5. The largest absolute Gasteiger partial charge is 0.370 e. The normalized spacial score (nSPS) is 10.6. The summed E-state index contributed by atoms with van der Waals surface area (Å²) in [4.78, 5) is 8.55. The molecule has 5 heteroatoms. The van der Waals surface area contributed by atoms with Crippen LogP contribution in [0.1, 0.15) is 25.8 Å². The third-order valence-corrected chi connectivity index (χ3v) is 3.35. The molecule has 1 N–H and O–H groups in total. The van der Waals surface area contributed by atoms with E-state index in [1.807, 2.05) is 6.92 Å². The Labute approximate surface area is 123 Å². The van der Waals surface area contributed by atoms with Crippen molar-refractivity contribution in [1.29, 1.82) is 0 Å². The highest BCUT2D eigenvalue weighted by molar-refractivity contribution is 6.33. The van der Waals surface area contributed by atoms with Crippen molar-refractivity contribution in [2.24, 2.45) is 0 Å². The van der Waals surface area contributed by atoms with Gasteiger partial charge in [0, 0.05) is 17.7 Å². The standard InChI is InChI=1S/C15H17ClFN3/c1-3-7-18-15-11(4-2)14(19-9-20-15)12-8-10(17)5-6-13(12)16/h5-6,8-9H,3-4,7H2,1-2H3,(H,18,19,20). The number of hydrogen-bond donors (Lipinski definition) is 1. The first-order valence-corrected chi connectivity index (χ1v) is 7.08. The van der Waals surface area contributed by atoms with Gasteiger partial charge in [0.1, 0.15) is 18.0 Å². The third kappa shape index (κ3) is 3.07. The highest BCUT2D eigenvalue weighted by atomic mass is 35.5.